The molecular weight excluding hydrogens is 717 g/mol. The van der Waals surface area contributed by atoms with Crippen molar-refractivity contribution in [1.82, 2.24) is 9.97 Å². The van der Waals surface area contributed by atoms with Crippen LogP contribution in [0.4, 0.5) is 15.9 Å². The highest BCUT2D eigenvalue weighted by Gasteiger charge is 2.21. The second kappa shape index (κ2) is 21.8. The average Bonchev–Trinajstić information content (AvgIpc) is 3.15. The Bertz CT molecular complexity index is 1870. The number of anilines is 2. The molecule has 0 saturated carbocycles. The number of fused-ring (bicyclic) bond motifs is 1. The number of aromatic nitrogens is 2. The van der Waals surface area contributed by atoms with E-state index in [1.54, 1.807) is 42.5 Å². The van der Waals surface area contributed by atoms with Crippen LogP contribution < -0.4 is 19.5 Å². The van der Waals surface area contributed by atoms with Gasteiger partial charge in [0, 0.05) is 37.1 Å². The van der Waals surface area contributed by atoms with Gasteiger partial charge in [0.05, 0.1) is 47.8 Å². The van der Waals surface area contributed by atoms with E-state index in [2.05, 4.69) is 40.4 Å². The first-order chi connectivity index (χ1) is 26.1. The third kappa shape index (κ3) is 13.6. The number of hydrogen-bond acceptors (Lipinski definition) is 10. The maximum Gasteiger partial charge on any atom is 0.305 e. The number of halogens is 2. The van der Waals surface area contributed by atoms with E-state index in [9.17, 15) is 19.4 Å². The Morgan fingerprint density at radius 2 is 1.81 bits per heavy atom. The molecule has 54 heavy (non-hydrogen) atoms. The number of aliphatic hydroxyl groups is 2. The summed E-state index contributed by atoms with van der Waals surface area (Å²) in [5.41, 5.74) is 3.21. The van der Waals surface area contributed by atoms with Gasteiger partial charge in [0.25, 0.3) is 0 Å². The summed E-state index contributed by atoms with van der Waals surface area (Å²) in [4.78, 5) is 19.7. The largest absolute Gasteiger partial charge is 0.491 e. The van der Waals surface area contributed by atoms with E-state index in [4.69, 9.17) is 35.7 Å². The van der Waals surface area contributed by atoms with E-state index < -0.39 is 24.6 Å². The minimum atomic E-state index is -1.20. The van der Waals surface area contributed by atoms with Crippen molar-refractivity contribution in [2.24, 2.45) is 0 Å². The number of carboxylic acid groups (broad SMARTS) is 1. The number of nitrogens with one attached hydrogen (secondary N) is 1. The minimum absolute atomic E-state index is 0.119. The number of aliphatic carboxylic acids is 1. The van der Waals surface area contributed by atoms with Crippen molar-refractivity contribution in [2.45, 2.75) is 84.2 Å². The molecule has 1 aromatic heterocycles. The van der Waals surface area contributed by atoms with Crippen LogP contribution in [-0.4, -0.2) is 69.4 Å². The molecule has 2 heterocycles. The Morgan fingerprint density at radius 3 is 2.48 bits per heavy atom. The molecule has 13 heteroatoms. The first kappa shape index (κ1) is 42.0. The molecule has 11 nitrogen and oxygen atoms in total. The highest BCUT2D eigenvalue weighted by atomic mass is 35.5. The van der Waals surface area contributed by atoms with Gasteiger partial charge in [-0.05, 0) is 55.7 Å². The first-order valence-electron chi connectivity index (χ1n) is 18.1. The fourth-order valence-corrected chi connectivity index (χ4v) is 5.83. The van der Waals surface area contributed by atoms with Crippen LogP contribution in [0.2, 0.25) is 5.02 Å². The topological polar surface area (TPSA) is 152 Å². The van der Waals surface area contributed by atoms with Crippen LogP contribution in [0.1, 0.15) is 64.9 Å². The lowest BCUT2D eigenvalue weighted by atomic mass is 10.1. The smallest absolute Gasteiger partial charge is 0.305 e. The predicted octanol–water partition coefficient (Wildman–Crippen LogP) is 8.58. The van der Waals surface area contributed by atoms with Crippen molar-refractivity contribution in [1.29, 1.82) is 0 Å². The van der Waals surface area contributed by atoms with Crippen molar-refractivity contribution in [3.05, 3.63) is 101 Å². The second-order valence-electron chi connectivity index (χ2n) is 12.5. The Labute approximate surface area is 320 Å². The quantitative estimate of drug-likeness (QED) is 0.0977. The lowest BCUT2D eigenvalue weighted by Crippen LogP contribution is -2.26. The third-order valence-corrected chi connectivity index (χ3v) is 8.49. The van der Waals surface area contributed by atoms with Crippen molar-refractivity contribution >= 4 is 40.0 Å². The molecule has 4 N–H and O–H groups in total. The zero-order valence-corrected chi connectivity index (χ0v) is 31.6. The van der Waals surface area contributed by atoms with Crippen molar-refractivity contribution < 1.29 is 43.5 Å². The van der Waals surface area contributed by atoms with Gasteiger partial charge in [-0.3, -0.25) is 4.79 Å². The Hall–Kier alpha value is -4.75. The van der Waals surface area contributed by atoms with Gasteiger partial charge in [-0.25, -0.2) is 14.4 Å². The molecule has 1 aliphatic carbocycles. The van der Waals surface area contributed by atoms with Gasteiger partial charge in [-0.15, -0.1) is 0 Å². The van der Waals surface area contributed by atoms with E-state index in [-0.39, 0.29) is 31.6 Å². The van der Waals surface area contributed by atoms with Crippen LogP contribution in [0, 0.1) is 5.82 Å². The summed E-state index contributed by atoms with van der Waals surface area (Å²) in [5.74, 6) is 0.208. The molecule has 1 aliphatic heterocycles. The predicted molar refractivity (Wildman–Crippen MR) is 207 cm³/mol. The number of rotatable bonds is 14. The molecular formula is C41H49ClFN3O8. The van der Waals surface area contributed by atoms with Crippen LogP contribution in [-0.2, 0) is 16.1 Å². The molecule has 1 fully saturated rings. The molecule has 0 bridgehead atoms. The molecule has 0 radical (unpaired) electrons. The monoisotopic (exact) mass is 765 g/mol. The highest BCUT2D eigenvalue weighted by Crippen LogP contribution is 2.38. The fraction of sp³-hybridized carbons (Fsp3) is 0.390. The summed E-state index contributed by atoms with van der Waals surface area (Å²) in [6, 6.07) is 14.7. The van der Waals surface area contributed by atoms with Gasteiger partial charge in [-0.2, -0.15) is 0 Å². The minimum Gasteiger partial charge on any atom is -0.491 e. The Balaban J connectivity index is 0.000000640. The van der Waals surface area contributed by atoms with Gasteiger partial charge >= 0.3 is 5.97 Å². The van der Waals surface area contributed by atoms with Crippen molar-refractivity contribution in [2.75, 3.05) is 25.1 Å². The molecule has 2 aliphatic rings. The zero-order valence-electron chi connectivity index (χ0n) is 30.8. The number of benzene rings is 3. The number of carbonyl (C=O) groups is 1. The van der Waals surface area contributed by atoms with Crippen LogP contribution in [0.5, 0.6) is 17.2 Å². The molecule has 3 aromatic carbocycles. The number of nitrogens with zero attached hydrogens (tertiary/aromatic N) is 2. The molecule has 0 amide bonds. The summed E-state index contributed by atoms with van der Waals surface area (Å²) in [6.45, 7) is 7.24. The first-order valence-corrected chi connectivity index (χ1v) is 18.5. The lowest BCUT2D eigenvalue weighted by molar-refractivity contribution is -0.139. The number of ether oxygens (including phenoxy) is 4. The number of carboxylic acids is 1. The summed E-state index contributed by atoms with van der Waals surface area (Å²) in [7, 11) is 0. The van der Waals surface area contributed by atoms with Gasteiger partial charge in [0.15, 0.2) is 0 Å². The van der Waals surface area contributed by atoms with E-state index in [0.29, 0.717) is 76.3 Å². The Morgan fingerprint density at radius 1 is 1.02 bits per heavy atom. The normalized spacial score (nSPS) is 15.1. The maximum atomic E-state index is 13.5. The van der Waals surface area contributed by atoms with Crippen LogP contribution in [0.15, 0.2) is 84.7 Å². The van der Waals surface area contributed by atoms with Crippen LogP contribution >= 0.6 is 11.6 Å². The third-order valence-electron chi connectivity index (χ3n) is 8.19. The fourth-order valence-electron chi connectivity index (χ4n) is 5.60. The number of hydrogen-bond donors (Lipinski definition) is 4. The molecule has 1 saturated heterocycles. The molecule has 0 spiro atoms. The summed E-state index contributed by atoms with van der Waals surface area (Å²) < 4.78 is 37.0. The molecule has 6 rings (SSSR count). The zero-order chi connectivity index (χ0) is 38.9. The van der Waals surface area contributed by atoms with Crippen LogP contribution in [0.25, 0.3) is 10.9 Å². The maximum absolute atomic E-state index is 13.5. The average molecular weight is 766 g/mol. The lowest BCUT2D eigenvalue weighted by Gasteiger charge is -2.25. The van der Waals surface area contributed by atoms with E-state index in [1.165, 1.54) is 36.9 Å². The number of aliphatic hydroxyl groups excluding tert-OH is 2. The number of allylic oxidation sites excluding steroid dienone is 4. The van der Waals surface area contributed by atoms with Gasteiger partial charge in [0.1, 0.15) is 54.5 Å². The summed E-state index contributed by atoms with van der Waals surface area (Å²) in [5, 5.41) is 33.2. The Kier molecular flexibility index (Phi) is 17.0. The van der Waals surface area contributed by atoms with Crippen LogP contribution in [0.3, 0.4) is 0 Å². The second-order valence-corrected chi connectivity index (χ2v) is 12.9. The van der Waals surface area contributed by atoms with Crippen molar-refractivity contribution in [3.63, 3.8) is 0 Å². The van der Waals surface area contributed by atoms with Gasteiger partial charge in [0.2, 0.25) is 0 Å². The van der Waals surface area contributed by atoms with Crippen molar-refractivity contribution in [3.8, 4) is 17.2 Å². The molecule has 2 unspecified atom stereocenters. The van der Waals surface area contributed by atoms with Gasteiger partial charge < -0.3 is 39.6 Å². The summed E-state index contributed by atoms with van der Waals surface area (Å²) >= 11 is 6.52. The summed E-state index contributed by atoms with van der Waals surface area (Å²) in [6.07, 6.45) is 8.85. The highest BCUT2D eigenvalue weighted by molar-refractivity contribution is 6.32. The van der Waals surface area contributed by atoms with E-state index in [1.807, 2.05) is 13.8 Å². The molecule has 290 valence electrons. The van der Waals surface area contributed by atoms with E-state index >= 15 is 0 Å². The molecule has 4 aromatic rings. The standard InChI is InChI=1S/C32H33ClFN3O8.C7H10.C2H6/c33-26-11-21(4-5-28(26)44-16-19-2-1-3-20(34)10-19)37-32-31-27(35-18-36-32)14-25(15-29(31)45-24-6-8-42-9-7-24)43-17-23(39)12-22(38)13-30(40)41;1-7-5-3-2-4-6-7;1-2/h1-5,10-11,14-15,18,22-24,38-39H,6-9,12-13,16-17H2,(H,40,41)(H,35,36,37);3,5-6H,2,4H2,1H3;1-2H3. The molecule has 2 atom stereocenters. The van der Waals surface area contributed by atoms with E-state index in [0.717, 1.165) is 0 Å². The van der Waals surface area contributed by atoms with Gasteiger partial charge in [-0.1, -0.05) is 61.4 Å². The SMILES string of the molecule is CC.CC1=CCCC=C1.O=C(O)CC(O)CC(O)COc1cc(OC2CCOCC2)c2c(Nc3ccc(OCc4cccc(F)c4)c(Cl)c3)ncnc2c1.